The number of nitrogens with zero attached hydrogens (tertiary/aromatic N) is 2. The third kappa shape index (κ3) is 6.30. The van der Waals surface area contributed by atoms with E-state index < -0.39 is 14.6 Å². The maximum Gasteiger partial charge on any atom is 0.193 e. The molecule has 0 saturated carbocycles. The summed E-state index contributed by atoms with van der Waals surface area (Å²) in [6.07, 6.45) is 0.872. The van der Waals surface area contributed by atoms with Crippen molar-refractivity contribution in [3.63, 3.8) is 0 Å². The van der Waals surface area contributed by atoms with Gasteiger partial charge in [0, 0.05) is 39.4 Å². The predicted octanol–water partition coefficient (Wildman–Crippen LogP) is 1.52. The van der Waals surface area contributed by atoms with Crippen LogP contribution in [0.2, 0.25) is 0 Å². The topological polar surface area (TPSA) is 71.0 Å². The van der Waals surface area contributed by atoms with E-state index in [1.165, 1.54) is 0 Å². The van der Waals surface area contributed by atoms with Crippen LogP contribution in [-0.2, 0) is 14.6 Å². The molecule has 1 fully saturated rings. The fourth-order valence-corrected chi connectivity index (χ4v) is 3.79. The molecule has 1 N–H and O–H groups in total. The van der Waals surface area contributed by atoms with Crippen molar-refractivity contribution in [1.82, 2.24) is 10.2 Å². The molecule has 0 aromatic heterocycles. The number of aliphatic imine (C=N–C) groups is 1. The van der Waals surface area contributed by atoms with E-state index in [1.807, 2.05) is 6.92 Å². The average Bonchev–Trinajstić information content (AvgIpc) is 2.44. The smallest absolute Gasteiger partial charge is 0.193 e. The molecule has 0 unspecified atom stereocenters. The third-order valence-corrected chi connectivity index (χ3v) is 6.37. The van der Waals surface area contributed by atoms with Gasteiger partial charge in [-0.2, -0.15) is 0 Å². The van der Waals surface area contributed by atoms with Crippen molar-refractivity contribution in [2.75, 3.05) is 45.1 Å². The lowest BCUT2D eigenvalue weighted by Crippen LogP contribution is -2.57. The zero-order valence-corrected chi connectivity index (χ0v) is 16.1. The second-order valence-electron chi connectivity index (χ2n) is 7.06. The Hall–Kier alpha value is -0.820. The Morgan fingerprint density at radius 3 is 2.65 bits per heavy atom. The minimum absolute atomic E-state index is 0.182. The summed E-state index contributed by atoms with van der Waals surface area (Å²) in [7, 11) is -3.03. The molecular weight excluding hydrogens is 314 g/mol. The van der Waals surface area contributed by atoms with E-state index in [9.17, 15) is 8.42 Å². The lowest BCUT2D eigenvalue weighted by Gasteiger charge is -2.39. The van der Waals surface area contributed by atoms with E-state index in [0.717, 1.165) is 25.5 Å². The van der Waals surface area contributed by atoms with E-state index >= 15 is 0 Å². The molecule has 1 rings (SSSR count). The Morgan fingerprint density at radius 2 is 2.09 bits per heavy atom. The predicted molar refractivity (Wildman–Crippen MR) is 95.7 cm³/mol. The molecule has 0 aromatic rings. The van der Waals surface area contributed by atoms with Crippen molar-refractivity contribution in [1.29, 1.82) is 0 Å². The first-order valence-electron chi connectivity index (χ1n) is 8.53. The van der Waals surface area contributed by atoms with Crippen molar-refractivity contribution in [3.8, 4) is 0 Å². The highest BCUT2D eigenvalue weighted by Crippen LogP contribution is 2.23. The summed E-state index contributed by atoms with van der Waals surface area (Å²) < 4.78 is 29.1. The standard InChI is InChI=1S/C16H33N3O3S/c1-6-17-15(18-8-7-10-22-12-14(2)3)19-9-11-23(20,21)16(4,5)13-19/h14H,6-13H2,1-5H3,(H,17,18). The molecule has 6 nitrogen and oxygen atoms in total. The van der Waals surface area contributed by atoms with Crippen LogP contribution in [0.3, 0.4) is 0 Å². The monoisotopic (exact) mass is 347 g/mol. The summed E-state index contributed by atoms with van der Waals surface area (Å²) in [6, 6.07) is 0. The fraction of sp³-hybridized carbons (Fsp3) is 0.938. The second kappa shape index (κ2) is 8.87. The van der Waals surface area contributed by atoms with Gasteiger partial charge in [0.05, 0.1) is 10.5 Å². The Morgan fingerprint density at radius 1 is 1.39 bits per heavy atom. The van der Waals surface area contributed by atoms with Crippen molar-refractivity contribution < 1.29 is 13.2 Å². The van der Waals surface area contributed by atoms with E-state index in [2.05, 4.69) is 29.1 Å². The average molecular weight is 348 g/mol. The maximum atomic E-state index is 12.1. The Bertz CT molecular complexity index is 487. The first-order valence-corrected chi connectivity index (χ1v) is 10.2. The van der Waals surface area contributed by atoms with E-state index in [4.69, 9.17) is 4.74 Å². The third-order valence-electron chi connectivity index (χ3n) is 3.84. The van der Waals surface area contributed by atoms with Gasteiger partial charge in [0.25, 0.3) is 0 Å². The Labute approximate surface area is 141 Å². The summed E-state index contributed by atoms with van der Waals surface area (Å²) in [4.78, 5) is 6.68. The molecule has 0 atom stereocenters. The molecule has 7 heteroatoms. The van der Waals surface area contributed by atoms with Gasteiger partial charge < -0.3 is 15.0 Å². The molecule has 1 aliphatic rings. The van der Waals surface area contributed by atoms with Crippen LogP contribution >= 0.6 is 0 Å². The van der Waals surface area contributed by atoms with E-state index in [-0.39, 0.29) is 5.75 Å². The van der Waals surface area contributed by atoms with Gasteiger partial charge >= 0.3 is 0 Å². The van der Waals surface area contributed by atoms with Gasteiger partial charge in [-0.25, -0.2) is 8.42 Å². The molecule has 1 saturated heterocycles. The van der Waals surface area contributed by atoms with Crippen LogP contribution in [-0.4, -0.2) is 69.2 Å². The van der Waals surface area contributed by atoms with Crippen molar-refractivity contribution >= 4 is 15.8 Å². The second-order valence-corrected chi connectivity index (χ2v) is 9.80. The molecular formula is C16H33N3O3S. The Kier molecular flexibility index (Phi) is 7.80. The zero-order chi connectivity index (χ0) is 17.5. The van der Waals surface area contributed by atoms with Crippen LogP contribution in [0.5, 0.6) is 0 Å². The van der Waals surface area contributed by atoms with Crippen molar-refractivity contribution in [3.05, 3.63) is 0 Å². The molecule has 1 heterocycles. The molecule has 0 aromatic carbocycles. The van der Waals surface area contributed by atoms with Crippen LogP contribution in [0.1, 0.15) is 41.0 Å². The normalized spacial score (nSPS) is 20.8. The van der Waals surface area contributed by atoms with Crippen LogP contribution in [0.25, 0.3) is 0 Å². The van der Waals surface area contributed by atoms with Crippen molar-refractivity contribution in [2.45, 2.75) is 45.8 Å². The van der Waals surface area contributed by atoms with Gasteiger partial charge in [0.2, 0.25) is 0 Å². The zero-order valence-electron chi connectivity index (χ0n) is 15.3. The maximum absolute atomic E-state index is 12.1. The van der Waals surface area contributed by atoms with Gasteiger partial charge in [-0.05, 0) is 33.1 Å². The molecule has 0 amide bonds. The fourth-order valence-electron chi connectivity index (χ4n) is 2.42. The summed E-state index contributed by atoms with van der Waals surface area (Å²) >= 11 is 0. The van der Waals surface area contributed by atoms with Crippen LogP contribution in [0.15, 0.2) is 4.99 Å². The summed E-state index contributed by atoms with van der Waals surface area (Å²) in [5.74, 6) is 1.54. The van der Waals surface area contributed by atoms with E-state index in [1.54, 1.807) is 13.8 Å². The Balaban J connectivity index is 2.56. The number of nitrogens with one attached hydrogen (secondary N) is 1. The van der Waals surface area contributed by atoms with Crippen LogP contribution in [0, 0.1) is 5.92 Å². The summed E-state index contributed by atoms with van der Waals surface area (Å²) in [5.41, 5.74) is 0. The number of sulfone groups is 1. The van der Waals surface area contributed by atoms with E-state index in [0.29, 0.717) is 32.2 Å². The number of guanidine groups is 1. The summed E-state index contributed by atoms with van der Waals surface area (Å²) in [5, 5.41) is 3.27. The number of rotatable bonds is 7. The number of hydrogen-bond donors (Lipinski definition) is 1. The number of ether oxygens (including phenoxy) is 1. The first-order chi connectivity index (χ1) is 10.7. The lowest BCUT2D eigenvalue weighted by molar-refractivity contribution is 0.109. The largest absolute Gasteiger partial charge is 0.381 e. The highest BCUT2D eigenvalue weighted by atomic mass is 32.2. The van der Waals surface area contributed by atoms with Gasteiger partial charge in [0.15, 0.2) is 15.8 Å². The minimum Gasteiger partial charge on any atom is -0.381 e. The lowest BCUT2D eigenvalue weighted by atomic mass is 10.2. The van der Waals surface area contributed by atoms with Gasteiger partial charge in [-0.3, -0.25) is 4.99 Å². The minimum atomic E-state index is -3.03. The molecule has 136 valence electrons. The molecule has 0 bridgehead atoms. The molecule has 23 heavy (non-hydrogen) atoms. The summed E-state index contributed by atoms with van der Waals surface area (Å²) in [6.45, 7) is 13.8. The molecule has 1 aliphatic heterocycles. The van der Waals surface area contributed by atoms with Gasteiger partial charge in [-0.15, -0.1) is 0 Å². The molecule has 0 spiro atoms. The van der Waals surface area contributed by atoms with Crippen LogP contribution < -0.4 is 5.32 Å². The quantitative estimate of drug-likeness (QED) is 0.429. The van der Waals surface area contributed by atoms with Gasteiger partial charge in [0.1, 0.15) is 0 Å². The SMILES string of the molecule is CCNC(=NCCCOCC(C)C)N1CCS(=O)(=O)C(C)(C)C1. The van der Waals surface area contributed by atoms with Gasteiger partial charge in [-0.1, -0.05) is 13.8 Å². The first kappa shape index (κ1) is 20.2. The van der Waals surface area contributed by atoms with Crippen LogP contribution in [0.4, 0.5) is 0 Å². The highest BCUT2D eigenvalue weighted by Gasteiger charge is 2.40. The number of hydrogen-bond acceptors (Lipinski definition) is 4. The highest BCUT2D eigenvalue weighted by molar-refractivity contribution is 7.92. The molecule has 0 radical (unpaired) electrons. The molecule has 0 aliphatic carbocycles. The van der Waals surface area contributed by atoms with Crippen molar-refractivity contribution in [2.24, 2.45) is 10.9 Å².